The predicted molar refractivity (Wildman–Crippen MR) is 79.8 cm³/mol. The van der Waals surface area contributed by atoms with Gasteiger partial charge in [-0.05, 0) is 39.0 Å². The lowest BCUT2D eigenvalue weighted by Crippen LogP contribution is -2.18. The predicted octanol–water partition coefficient (Wildman–Crippen LogP) is 3.14. The van der Waals surface area contributed by atoms with Gasteiger partial charge in [0.1, 0.15) is 5.69 Å². The zero-order valence-corrected chi connectivity index (χ0v) is 12.4. The summed E-state index contributed by atoms with van der Waals surface area (Å²) in [7, 11) is 0. The Balaban J connectivity index is 2.21. The Hall–Kier alpha value is -2.57. The molecule has 1 aromatic carbocycles. The van der Waals surface area contributed by atoms with Gasteiger partial charge in [-0.1, -0.05) is 0 Å². The van der Waals surface area contributed by atoms with Crippen molar-refractivity contribution in [2.24, 2.45) is 0 Å². The largest absolute Gasteiger partial charge is 0.352 e. The number of carbonyl (C=O) groups is 1. The van der Waals surface area contributed by atoms with Crippen LogP contribution < -0.4 is 10.6 Å². The maximum Gasteiger partial charge on any atom is 0.274 e. The number of halogens is 2. The summed E-state index contributed by atoms with van der Waals surface area (Å²) in [6, 6.07) is 4.76. The molecule has 0 unspecified atom stereocenters. The Morgan fingerprint density at radius 2 is 1.86 bits per heavy atom. The van der Waals surface area contributed by atoms with Gasteiger partial charge in [0.25, 0.3) is 5.91 Å². The summed E-state index contributed by atoms with van der Waals surface area (Å²) in [4.78, 5) is 20.4. The molecule has 2 N–H and O–H groups in total. The van der Waals surface area contributed by atoms with Gasteiger partial charge >= 0.3 is 0 Å². The van der Waals surface area contributed by atoms with E-state index in [1.54, 1.807) is 6.92 Å². The van der Waals surface area contributed by atoms with Crippen molar-refractivity contribution < 1.29 is 13.6 Å². The van der Waals surface area contributed by atoms with Gasteiger partial charge in [-0.3, -0.25) is 4.79 Å². The van der Waals surface area contributed by atoms with Crippen molar-refractivity contribution in [1.82, 2.24) is 9.97 Å². The molecule has 22 heavy (non-hydrogen) atoms. The van der Waals surface area contributed by atoms with Crippen molar-refractivity contribution in [2.75, 3.05) is 10.6 Å². The van der Waals surface area contributed by atoms with E-state index in [-0.39, 0.29) is 17.4 Å². The van der Waals surface area contributed by atoms with Crippen LogP contribution in [0.15, 0.2) is 24.3 Å². The number of aryl methyl sites for hydroxylation is 1. The third-order valence-corrected chi connectivity index (χ3v) is 2.68. The van der Waals surface area contributed by atoms with Crippen LogP contribution in [-0.4, -0.2) is 21.9 Å². The molecule has 2 aromatic rings. The van der Waals surface area contributed by atoms with E-state index in [2.05, 4.69) is 20.6 Å². The van der Waals surface area contributed by atoms with Gasteiger partial charge in [-0.25, -0.2) is 18.7 Å². The number of nitrogens with zero attached hydrogens (tertiary/aromatic N) is 2. The summed E-state index contributed by atoms with van der Waals surface area (Å²) in [6.45, 7) is 5.58. The molecular weight excluding hydrogens is 290 g/mol. The molecule has 1 amide bonds. The Bertz CT molecular complexity index is 704. The maximum atomic E-state index is 13.1. The average Bonchev–Trinajstić information content (AvgIpc) is 2.41. The molecule has 0 radical (unpaired) electrons. The molecule has 0 spiro atoms. The number of rotatable bonds is 4. The number of amides is 1. The molecule has 0 fully saturated rings. The van der Waals surface area contributed by atoms with Crippen LogP contribution in [0.2, 0.25) is 0 Å². The summed E-state index contributed by atoms with van der Waals surface area (Å²) < 4.78 is 26.0. The molecule has 7 heteroatoms. The lowest BCUT2D eigenvalue weighted by molar-refractivity contribution is 0.102. The highest BCUT2D eigenvalue weighted by Gasteiger charge is 2.12. The van der Waals surface area contributed by atoms with Crippen LogP contribution in [0.1, 0.15) is 30.0 Å². The molecule has 0 aliphatic rings. The van der Waals surface area contributed by atoms with Gasteiger partial charge in [-0.15, -0.1) is 0 Å². The van der Waals surface area contributed by atoms with E-state index in [9.17, 15) is 13.6 Å². The molecule has 2 rings (SSSR count). The molecule has 0 aliphatic heterocycles. The van der Waals surface area contributed by atoms with Crippen LogP contribution >= 0.6 is 0 Å². The molecular formula is C15H16F2N4O. The quantitative estimate of drug-likeness (QED) is 0.910. The SMILES string of the molecule is Cc1cc(C(=O)Nc2ccc(F)c(F)c2)nc(NC(C)C)n1. The van der Waals surface area contributed by atoms with Crippen LogP contribution in [0, 0.1) is 18.6 Å². The molecule has 0 atom stereocenters. The Labute approximate surface area is 126 Å². The van der Waals surface area contributed by atoms with E-state index >= 15 is 0 Å². The summed E-state index contributed by atoms with van der Waals surface area (Å²) in [5, 5.41) is 5.48. The Morgan fingerprint density at radius 1 is 1.14 bits per heavy atom. The zero-order chi connectivity index (χ0) is 16.3. The van der Waals surface area contributed by atoms with Gasteiger partial charge in [0, 0.05) is 23.5 Å². The monoisotopic (exact) mass is 306 g/mol. The minimum Gasteiger partial charge on any atom is -0.352 e. The Morgan fingerprint density at radius 3 is 2.50 bits per heavy atom. The van der Waals surface area contributed by atoms with E-state index in [1.165, 1.54) is 12.1 Å². The van der Waals surface area contributed by atoms with Crippen LogP contribution in [0.4, 0.5) is 20.4 Å². The van der Waals surface area contributed by atoms with Crippen LogP contribution in [-0.2, 0) is 0 Å². The van der Waals surface area contributed by atoms with Gasteiger partial charge in [-0.2, -0.15) is 0 Å². The molecule has 116 valence electrons. The summed E-state index contributed by atoms with van der Waals surface area (Å²) in [6.07, 6.45) is 0. The number of anilines is 2. The first-order chi connectivity index (χ1) is 10.3. The van der Waals surface area contributed by atoms with E-state index in [0.717, 1.165) is 12.1 Å². The van der Waals surface area contributed by atoms with Gasteiger partial charge in [0.15, 0.2) is 11.6 Å². The minimum absolute atomic E-state index is 0.115. The molecule has 0 saturated carbocycles. The first kappa shape index (κ1) is 15.8. The van der Waals surface area contributed by atoms with Crippen LogP contribution in [0.25, 0.3) is 0 Å². The van der Waals surface area contributed by atoms with Crippen LogP contribution in [0.5, 0.6) is 0 Å². The summed E-state index contributed by atoms with van der Waals surface area (Å²) in [5.74, 6) is -2.19. The second-order valence-electron chi connectivity index (χ2n) is 5.10. The first-order valence-corrected chi connectivity index (χ1v) is 6.74. The number of hydrogen-bond acceptors (Lipinski definition) is 4. The fraction of sp³-hybridized carbons (Fsp3) is 0.267. The second kappa shape index (κ2) is 6.46. The lowest BCUT2D eigenvalue weighted by Gasteiger charge is -2.11. The van der Waals surface area contributed by atoms with Gasteiger partial charge < -0.3 is 10.6 Å². The standard InChI is InChI=1S/C15H16F2N4O/c1-8(2)18-15-19-9(3)6-13(21-15)14(22)20-10-4-5-11(16)12(17)7-10/h4-8H,1-3H3,(H,20,22)(H,18,19,21). The highest BCUT2D eigenvalue weighted by molar-refractivity contribution is 6.03. The fourth-order valence-corrected chi connectivity index (χ4v) is 1.78. The van der Waals surface area contributed by atoms with Crippen molar-refractivity contribution in [3.05, 3.63) is 47.3 Å². The van der Waals surface area contributed by atoms with E-state index in [0.29, 0.717) is 11.6 Å². The highest BCUT2D eigenvalue weighted by atomic mass is 19.2. The maximum absolute atomic E-state index is 13.1. The average molecular weight is 306 g/mol. The molecule has 0 aliphatic carbocycles. The number of benzene rings is 1. The third-order valence-electron chi connectivity index (χ3n) is 2.68. The Kier molecular flexibility index (Phi) is 4.65. The molecule has 1 aromatic heterocycles. The van der Waals surface area contributed by atoms with Crippen molar-refractivity contribution in [1.29, 1.82) is 0 Å². The van der Waals surface area contributed by atoms with Crippen LogP contribution in [0.3, 0.4) is 0 Å². The zero-order valence-electron chi connectivity index (χ0n) is 12.4. The van der Waals surface area contributed by atoms with Crippen molar-refractivity contribution in [3.63, 3.8) is 0 Å². The van der Waals surface area contributed by atoms with Gasteiger partial charge in [0.2, 0.25) is 5.95 Å². The third kappa shape index (κ3) is 3.97. The number of hydrogen-bond donors (Lipinski definition) is 2. The van der Waals surface area contributed by atoms with E-state index in [1.807, 2.05) is 13.8 Å². The topological polar surface area (TPSA) is 66.9 Å². The minimum atomic E-state index is -1.03. The molecule has 1 heterocycles. The number of aromatic nitrogens is 2. The normalized spacial score (nSPS) is 10.6. The number of nitrogens with one attached hydrogen (secondary N) is 2. The number of carbonyl (C=O) groups excluding carboxylic acids is 1. The summed E-state index contributed by atoms with van der Waals surface area (Å²) >= 11 is 0. The first-order valence-electron chi connectivity index (χ1n) is 6.74. The van der Waals surface area contributed by atoms with Crippen molar-refractivity contribution >= 4 is 17.5 Å². The van der Waals surface area contributed by atoms with Gasteiger partial charge in [0.05, 0.1) is 0 Å². The lowest BCUT2D eigenvalue weighted by atomic mass is 10.2. The summed E-state index contributed by atoms with van der Waals surface area (Å²) in [5.41, 5.74) is 0.910. The second-order valence-corrected chi connectivity index (χ2v) is 5.10. The molecule has 5 nitrogen and oxygen atoms in total. The smallest absolute Gasteiger partial charge is 0.274 e. The van der Waals surface area contributed by atoms with E-state index in [4.69, 9.17) is 0 Å². The van der Waals surface area contributed by atoms with E-state index < -0.39 is 17.5 Å². The molecule has 0 bridgehead atoms. The van der Waals surface area contributed by atoms with Crippen molar-refractivity contribution in [2.45, 2.75) is 26.8 Å². The fourth-order valence-electron chi connectivity index (χ4n) is 1.78. The van der Waals surface area contributed by atoms with Crippen molar-refractivity contribution in [3.8, 4) is 0 Å². The molecule has 0 saturated heterocycles. The highest BCUT2D eigenvalue weighted by Crippen LogP contribution is 2.14.